The van der Waals surface area contributed by atoms with Gasteiger partial charge in [0.15, 0.2) is 0 Å². The van der Waals surface area contributed by atoms with E-state index in [1.807, 2.05) is 0 Å². The molecule has 2 rings (SSSR count). The largest absolute Gasteiger partial charge is 0.430 e. The van der Waals surface area contributed by atoms with Gasteiger partial charge in [-0.05, 0) is 0 Å². The lowest BCUT2D eigenvalue weighted by molar-refractivity contribution is -0.212. The van der Waals surface area contributed by atoms with Crippen LogP contribution >= 0.6 is 0 Å². The highest BCUT2D eigenvalue weighted by atomic mass is 16.7. The van der Waals surface area contributed by atoms with E-state index in [0.717, 1.165) is 12.2 Å². The summed E-state index contributed by atoms with van der Waals surface area (Å²) in [4.78, 5) is 22.8. The van der Waals surface area contributed by atoms with E-state index in [1.165, 1.54) is 0 Å². The molecule has 2 saturated heterocycles. The highest BCUT2D eigenvalue weighted by molar-refractivity contribution is 5.91. The van der Waals surface area contributed by atoms with Crippen LogP contribution < -0.4 is 0 Å². The number of ether oxygens (including phenoxy) is 6. The summed E-state index contributed by atoms with van der Waals surface area (Å²) in [6, 6.07) is 0. The van der Waals surface area contributed by atoms with Gasteiger partial charge in [0.2, 0.25) is 12.6 Å². The molecule has 8 heteroatoms. The summed E-state index contributed by atoms with van der Waals surface area (Å²) in [6.45, 7) is 2.03. The van der Waals surface area contributed by atoms with Gasteiger partial charge in [-0.15, -0.1) is 0 Å². The molecule has 0 N–H and O–H groups in total. The minimum absolute atomic E-state index is 0.178. The molecule has 0 radical (unpaired) electrons. The molecule has 0 amide bonds. The van der Waals surface area contributed by atoms with Crippen molar-refractivity contribution < 1.29 is 38.0 Å². The van der Waals surface area contributed by atoms with E-state index in [2.05, 4.69) is 0 Å². The molecule has 112 valence electrons. The smallest absolute Gasteiger partial charge is 0.333 e. The van der Waals surface area contributed by atoms with Crippen LogP contribution in [0, 0.1) is 0 Å². The van der Waals surface area contributed by atoms with Crippen LogP contribution in [0.1, 0.15) is 0 Å². The van der Waals surface area contributed by atoms with E-state index in [0.29, 0.717) is 26.4 Å². The minimum Gasteiger partial charge on any atom is -0.430 e. The van der Waals surface area contributed by atoms with Crippen LogP contribution in [0.2, 0.25) is 0 Å². The van der Waals surface area contributed by atoms with E-state index in [-0.39, 0.29) is 13.2 Å². The molecule has 2 atom stereocenters. The second kappa shape index (κ2) is 7.95. The zero-order chi connectivity index (χ0) is 14.2. The van der Waals surface area contributed by atoms with Crippen LogP contribution in [-0.4, -0.2) is 64.2 Å². The Morgan fingerprint density at radius 3 is 1.60 bits per heavy atom. The second-order valence-corrected chi connectivity index (χ2v) is 3.96. The van der Waals surface area contributed by atoms with Gasteiger partial charge in [0.25, 0.3) is 0 Å². The van der Waals surface area contributed by atoms with E-state index in [9.17, 15) is 9.59 Å². The highest BCUT2D eigenvalue weighted by Gasteiger charge is 2.19. The van der Waals surface area contributed by atoms with Crippen molar-refractivity contribution in [1.29, 1.82) is 0 Å². The first kappa shape index (κ1) is 14.9. The first-order valence-corrected chi connectivity index (χ1v) is 6.22. The molecule has 2 unspecified atom stereocenters. The van der Waals surface area contributed by atoms with Crippen molar-refractivity contribution in [2.75, 3.05) is 39.6 Å². The lowest BCUT2D eigenvalue weighted by Crippen LogP contribution is -2.33. The van der Waals surface area contributed by atoms with Crippen LogP contribution in [0.4, 0.5) is 0 Å². The summed E-state index contributed by atoms with van der Waals surface area (Å²) in [5, 5.41) is 0. The van der Waals surface area contributed by atoms with Crippen molar-refractivity contribution >= 4 is 11.9 Å². The van der Waals surface area contributed by atoms with Crippen molar-refractivity contribution in [1.82, 2.24) is 0 Å². The average Bonchev–Trinajstić information content (AvgIpc) is 2.47. The Labute approximate surface area is 115 Å². The average molecular weight is 288 g/mol. The number of carbonyl (C=O) groups excluding carboxylic acids is 2. The zero-order valence-electron chi connectivity index (χ0n) is 10.8. The number of rotatable bonds is 4. The molecule has 0 spiro atoms. The summed E-state index contributed by atoms with van der Waals surface area (Å²) in [7, 11) is 0. The second-order valence-electron chi connectivity index (χ2n) is 3.96. The quantitative estimate of drug-likeness (QED) is 0.499. The lowest BCUT2D eigenvalue weighted by atomic mass is 10.5. The van der Waals surface area contributed by atoms with E-state index >= 15 is 0 Å². The maximum absolute atomic E-state index is 11.4. The summed E-state index contributed by atoms with van der Waals surface area (Å²) < 4.78 is 30.2. The molecule has 0 saturated carbocycles. The third-order valence-corrected chi connectivity index (χ3v) is 2.42. The Morgan fingerprint density at radius 2 is 1.25 bits per heavy atom. The lowest BCUT2D eigenvalue weighted by Gasteiger charge is -2.22. The molecule has 0 aromatic carbocycles. The van der Waals surface area contributed by atoms with Gasteiger partial charge in [-0.25, -0.2) is 9.59 Å². The van der Waals surface area contributed by atoms with Crippen LogP contribution in [-0.2, 0) is 38.0 Å². The van der Waals surface area contributed by atoms with E-state index in [4.69, 9.17) is 28.4 Å². The highest BCUT2D eigenvalue weighted by Crippen LogP contribution is 2.04. The van der Waals surface area contributed by atoms with E-state index in [1.54, 1.807) is 0 Å². The molecule has 0 bridgehead atoms. The number of carbonyl (C=O) groups is 2. The van der Waals surface area contributed by atoms with Crippen molar-refractivity contribution in [3.8, 4) is 0 Å². The van der Waals surface area contributed by atoms with Gasteiger partial charge in [0.1, 0.15) is 13.2 Å². The first-order valence-electron chi connectivity index (χ1n) is 6.22. The summed E-state index contributed by atoms with van der Waals surface area (Å²) in [6.07, 6.45) is 0.438. The maximum atomic E-state index is 11.4. The molecule has 2 fully saturated rings. The van der Waals surface area contributed by atoms with Crippen molar-refractivity contribution in [3.63, 3.8) is 0 Å². The fraction of sp³-hybridized carbons (Fsp3) is 0.667. The Hall–Kier alpha value is -1.48. The first-order chi connectivity index (χ1) is 9.74. The molecular formula is C12H16O8. The predicted octanol–water partition coefficient (Wildman–Crippen LogP) is -0.625. The van der Waals surface area contributed by atoms with Crippen molar-refractivity contribution in [2.24, 2.45) is 0 Å². The van der Waals surface area contributed by atoms with Gasteiger partial charge >= 0.3 is 11.9 Å². The molecule has 2 aliphatic rings. The summed E-state index contributed by atoms with van der Waals surface area (Å²) >= 11 is 0. The molecule has 2 aliphatic heterocycles. The van der Waals surface area contributed by atoms with Crippen LogP contribution in [0.3, 0.4) is 0 Å². The molecule has 20 heavy (non-hydrogen) atoms. The third-order valence-electron chi connectivity index (χ3n) is 2.42. The fourth-order valence-corrected chi connectivity index (χ4v) is 1.54. The summed E-state index contributed by atoms with van der Waals surface area (Å²) in [5.74, 6) is -1.42. The molecule has 8 nitrogen and oxygen atoms in total. The Kier molecular flexibility index (Phi) is 5.93. The van der Waals surface area contributed by atoms with Gasteiger partial charge in [-0.2, -0.15) is 0 Å². The molecule has 0 aliphatic carbocycles. The van der Waals surface area contributed by atoms with Gasteiger partial charge in [0, 0.05) is 12.2 Å². The zero-order valence-corrected chi connectivity index (χ0v) is 10.8. The van der Waals surface area contributed by atoms with Gasteiger partial charge in [-0.1, -0.05) is 0 Å². The van der Waals surface area contributed by atoms with Crippen molar-refractivity contribution in [2.45, 2.75) is 12.6 Å². The van der Waals surface area contributed by atoms with E-state index < -0.39 is 24.5 Å². The molecule has 0 aromatic heterocycles. The van der Waals surface area contributed by atoms with Crippen molar-refractivity contribution in [3.05, 3.63) is 12.2 Å². The summed E-state index contributed by atoms with van der Waals surface area (Å²) in [5.41, 5.74) is 0. The number of hydrogen-bond acceptors (Lipinski definition) is 8. The molecule has 0 aromatic rings. The Bertz CT molecular complexity index is 320. The Morgan fingerprint density at radius 1 is 0.800 bits per heavy atom. The number of hydrogen-bond donors (Lipinski definition) is 0. The predicted molar refractivity (Wildman–Crippen MR) is 62.4 cm³/mol. The van der Waals surface area contributed by atoms with Crippen LogP contribution in [0.25, 0.3) is 0 Å². The topological polar surface area (TPSA) is 89.5 Å². The number of esters is 2. The van der Waals surface area contributed by atoms with Gasteiger partial charge in [-0.3, -0.25) is 0 Å². The van der Waals surface area contributed by atoms with Gasteiger partial charge in [0.05, 0.1) is 26.4 Å². The van der Waals surface area contributed by atoms with Gasteiger partial charge < -0.3 is 28.4 Å². The minimum atomic E-state index is -0.744. The monoisotopic (exact) mass is 288 g/mol. The molecular weight excluding hydrogens is 272 g/mol. The third kappa shape index (κ3) is 5.25. The molecule has 2 heterocycles. The Balaban J connectivity index is 1.67. The normalized spacial score (nSPS) is 27.2. The standard InChI is InChI=1S/C12H16O8/c13-9(19-11-7-15-3-5-17-11)1-2-10(14)20-12-8-16-4-6-18-12/h1-2,11-12H,3-8H2/b2-1-. The fourth-order valence-electron chi connectivity index (χ4n) is 1.54. The maximum Gasteiger partial charge on any atom is 0.333 e. The van der Waals surface area contributed by atoms with Crippen LogP contribution in [0.5, 0.6) is 0 Å². The van der Waals surface area contributed by atoms with Crippen LogP contribution in [0.15, 0.2) is 12.2 Å². The SMILES string of the molecule is O=C(/C=C\C(=O)OC1COCCO1)OC1COCCO1.